The minimum Gasteiger partial charge on any atom is -0.369 e. The van der Waals surface area contributed by atoms with Crippen LogP contribution in [0.25, 0.3) is 0 Å². The topological polar surface area (TPSA) is 54.0 Å². The van der Waals surface area contributed by atoms with E-state index in [2.05, 4.69) is 15.6 Å². The van der Waals surface area contributed by atoms with Crippen molar-refractivity contribution < 1.29 is 4.79 Å². The third kappa shape index (κ3) is 3.86. The van der Waals surface area contributed by atoms with Gasteiger partial charge in [-0.05, 0) is 37.6 Å². The first-order valence-corrected chi connectivity index (χ1v) is 7.23. The van der Waals surface area contributed by atoms with Gasteiger partial charge in [0.2, 0.25) is 0 Å². The van der Waals surface area contributed by atoms with Crippen LogP contribution in [0.3, 0.4) is 0 Å². The number of carbonyl (C=O) groups is 1. The van der Waals surface area contributed by atoms with E-state index in [1.165, 1.54) is 6.20 Å². The van der Waals surface area contributed by atoms with Gasteiger partial charge in [-0.15, -0.1) is 0 Å². The standard InChI is InChI=1S/C15H15Cl2N3O/c1-3-18-14-13(17)6-10(8-19-14)15(21)20-11-5-4-9(2)12(16)7-11/h4-8H,3H2,1-2H3,(H,18,19)(H,20,21). The molecule has 2 N–H and O–H groups in total. The van der Waals surface area contributed by atoms with E-state index in [1.54, 1.807) is 18.2 Å². The van der Waals surface area contributed by atoms with Gasteiger partial charge in [0.1, 0.15) is 5.82 Å². The average molecular weight is 324 g/mol. The first-order chi connectivity index (χ1) is 10.0. The number of nitrogens with zero attached hydrogens (tertiary/aromatic N) is 1. The third-order valence-corrected chi connectivity index (χ3v) is 3.57. The highest BCUT2D eigenvalue weighted by molar-refractivity contribution is 6.33. The van der Waals surface area contributed by atoms with Crippen LogP contribution in [0.15, 0.2) is 30.5 Å². The molecule has 1 amide bonds. The smallest absolute Gasteiger partial charge is 0.257 e. The number of aromatic nitrogens is 1. The van der Waals surface area contributed by atoms with Crippen molar-refractivity contribution in [1.82, 2.24) is 4.98 Å². The molecular weight excluding hydrogens is 309 g/mol. The zero-order chi connectivity index (χ0) is 15.4. The molecule has 0 radical (unpaired) electrons. The Hall–Kier alpha value is -1.78. The zero-order valence-electron chi connectivity index (χ0n) is 11.7. The Morgan fingerprint density at radius 3 is 2.62 bits per heavy atom. The number of pyridine rings is 1. The van der Waals surface area contributed by atoms with Crippen molar-refractivity contribution >= 4 is 40.6 Å². The van der Waals surface area contributed by atoms with Crippen LogP contribution in [0.5, 0.6) is 0 Å². The molecule has 0 atom stereocenters. The Balaban J connectivity index is 2.16. The molecule has 21 heavy (non-hydrogen) atoms. The second-order valence-corrected chi connectivity index (χ2v) is 5.32. The van der Waals surface area contributed by atoms with Crippen LogP contribution in [0.4, 0.5) is 11.5 Å². The molecule has 2 rings (SSSR count). The summed E-state index contributed by atoms with van der Waals surface area (Å²) < 4.78 is 0. The van der Waals surface area contributed by atoms with Crippen molar-refractivity contribution in [2.45, 2.75) is 13.8 Å². The van der Waals surface area contributed by atoms with E-state index >= 15 is 0 Å². The van der Waals surface area contributed by atoms with Gasteiger partial charge in [0.15, 0.2) is 0 Å². The number of halogens is 2. The lowest BCUT2D eigenvalue weighted by atomic mass is 10.2. The lowest BCUT2D eigenvalue weighted by molar-refractivity contribution is 0.102. The van der Waals surface area contributed by atoms with Crippen LogP contribution >= 0.6 is 23.2 Å². The maximum Gasteiger partial charge on any atom is 0.257 e. The Kier molecular flexibility index (Phi) is 5.04. The molecule has 0 aliphatic rings. The number of rotatable bonds is 4. The number of benzene rings is 1. The molecule has 0 aliphatic heterocycles. The second kappa shape index (κ2) is 6.78. The van der Waals surface area contributed by atoms with Gasteiger partial charge in [0.25, 0.3) is 5.91 Å². The zero-order valence-corrected chi connectivity index (χ0v) is 13.2. The van der Waals surface area contributed by atoms with Crippen molar-refractivity contribution in [3.8, 4) is 0 Å². The fraction of sp³-hybridized carbons (Fsp3) is 0.200. The molecule has 0 bridgehead atoms. The van der Waals surface area contributed by atoms with Gasteiger partial charge in [-0.25, -0.2) is 4.98 Å². The van der Waals surface area contributed by atoms with E-state index < -0.39 is 0 Å². The number of nitrogens with one attached hydrogen (secondary N) is 2. The number of aryl methyl sites for hydroxylation is 1. The molecule has 0 fully saturated rings. The molecule has 0 saturated carbocycles. The van der Waals surface area contributed by atoms with Crippen molar-refractivity contribution in [2.24, 2.45) is 0 Å². The molecule has 1 aromatic carbocycles. The summed E-state index contributed by atoms with van der Waals surface area (Å²) in [6.07, 6.45) is 1.48. The van der Waals surface area contributed by atoms with Gasteiger partial charge < -0.3 is 10.6 Å². The Labute approximate surface area is 133 Å². The summed E-state index contributed by atoms with van der Waals surface area (Å²) >= 11 is 12.1. The van der Waals surface area contributed by atoms with Crippen molar-refractivity contribution in [2.75, 3.05) is 17.2 Å². The van der Waals surface area contributed by atoms with Crippen LogP contribution in [-0.2, 0) is 0 Å². The highest BCUT2D eigenvalue weighted by atomic mass is 35.5. The van der Waals surface area contributed by atoms with E-state index in [-0.39, 0.29) is 5.91 Å². The predicted octanol–water partition coefficient (Wildman–Crippen LogP) is 4.38. The molecule has 1 aromatic heterocycles. The maximum absolute atomic E-state index is 12.2. The minimum absolute atomic E-state index is 0.285. The highest BCUT2D eigenvalue weighted by Crippen LogP contribution is 2.22. The normalized spacial score (nSPS) is 10.3. The van der Waals surface area contributed by atoms with Crippen molar-refractivity contribution in [3.05, 3.63) is 51.6 Å². The number of hydrogen-bond donors (Lipinski definition) is 2. The fourth-order valence-corrected chi connectivity index (χ4v) is 2.15. The molecule has 110 valence electrons. The van der Waals surface area contributed by atoms with Crippen molar-refractivity contribution in [1.29, 1.82) is 0 Å². The summed E-state index contributed by atoms with van der Waals surface area (Å²) in [6.45, 7) is 4.55. The first kappa shape index (κ1) is 15.6. The molecule has 0 spiro atoms. The average Bonchev–Trinajstić information content (AvgIpc) is 2.45. The van der Waals surface area contributed by atoms with Crippen LogP contribution in [0.2, 0.25) is 10.0 Å². The highest BCUT2D eigenvalue weighted by Gasteiger charge is 2.10. The first-order valence-electron chi connectivity index (χ1n) is 6.48. The van der Waals surface area contributed by atoms with E-state index in [9.17, 15) is 4.79 Å². The minimum atomic E-state index is -0.285. The monoisotopic (exact) mass is 323 g/mol. The molecule has 2 aromatic rings. The van der Waals surface area contributed by atoms with Crippen LogP contribution < -0.4 is 10.6 Å². The molecule has 0 saturated heterocycles. The summed E-state index contributed by atoms with van der Waals surface area (Å²) in [5.41, 5.74) is 1.97. The quantitative estimate of drug-likeness (QED) is 0.877. The Morgan fingerprint density at radius 2 is 2.00 bits per heavy atom. The predicted molar refractivity (Wildman–Crippen MR) is 87.6 cm³/mol. The second-order valence-electron chi connectivity index (χ2n) is 4.50. The van der Waals surface area contributed by atoms with Gasteiger partial charge >= 0.3 is 0 Å². The van der Waals surface area contributed by atoms with Gasteiger partial charge in [-0.1, -0.05) is 29.3 Å². The molecular formula is C15H15Cl2N3O. The lowest BCUT2D eigenvalue weighted by Gasteiger charge is -2.09. The van der Waals surface area contributed by atoms with Crippen molar-refractivity contribution in [3.63, 3.8) is 0 Å². The van der Waals surface area contributed by atoms with E-state index in [0.29, 0.717) is 33.7 Å². The van der Waals surface area contributed by atoms with Crippen LogP contribution in [0, 0.1) is 6.92 Å². The largest absolute Gasteiger partial charge is 0.369 e. The number of hydrogen-bond acceptors (Lipinski definition) is 3. The number of anilines is 2. The van der Waals surface area contributed by atoms with Gasteiger partial charge in [-0.2, -0.15) is 0 Å². The lowest BCUT2D eigenvalue weighted by Crippen LogP contribution is -2.13. The summed E-state index contributed by atoms with van der Waals surface area (Å²) in [4.78, 5) is 16.3. The van der Waals surface area contributed by atoms with E-state index in [1.807, 2.05) is 19.9 Å². The summed E-state index contributed by atoms with van der Waals surface area (Å²) in [7, 11) is 0. The summed E-state index contributed by atoms with van der Waals surface area (Å²) in [5, 5.41) is 6.79. The van der Waals surface area contributed by atoms with E-state index in [4.69, 9.17) is 23.2 Å². The fourth-order valence-electron chi connectivity index (χ4n) is 1.73. The van der Waals surface area contributed by atoms with E-state index in [0.717, 1.165) is 5.56 Å². The molecule has 6 heteroatoms. The molecule has 0 aliphatic carbocycles. The summed E-state index contributed by atoms with van der Waals surface area (Å²) in [6, 6.07) is 6.92. The van der Waals surface area contributed by atoms with Crippen LogP contribution in [-0.4, -0.2) is 17.4 Å². The Bertz CT molecular complexity index is 674. The van der Waals surface area contributed by atoms with Gasteiger partial charge in [-0.3, -0.25) is 4.79 Å². The molecule has 1 heterocycles. The maximum atomic E-state index is 12.2. The SMILES string of the molecule is CCNc1ncc(C(=O)Nc2ccc(C)c(Cl)c2)cc1Cl. The Morgan fingerprint density at radius 1 is 1.24 bits per heavy atom. The van der Waals surface area contributed by atoms with Gasteiger partial charge in [0.05, 0.1) is 10.6 Å². The molecule has 0 unspecified atom stereocenters. The van der Waals surface area contributed by atoms with Crippen LogP contribution in [0.1, 0.15) is 22.8 Å². The number of carbonyl (C=O) groups excluding carboxylic acids is 1. The van der Waals surface area contributed by atoms with Gasteiger partial charge in [0, 0.05) is 23.5 Å². The molecule has 4 nitrogen and oxygen atoms in total. The summed E-state index contributed by atoms with van der Waals surface area (Å²) in [5.74, 6) is 0.279. The number of amides is 1. The third-order valence-electron chi connectivity index (χ3n) is 2.88.